The van der Waals surface area contributed by atoms with Crippen LogP contribution in [0.1, 0.15) is 31.9 Å². The number of benzene rings is 1. The molecule has 1 heterocycles. The van der Waals surface area contributed by atoms with Gasteiger partial charge in [0, 0.05) is 21.8 Å². The van der Waals surface area contributed by atoms with E-state index in [1.54, 1.807) is 13.0 Å². The van der Waals surface area contributed by atoms with Crippen molar-refractivity contribution < 1.29 is 5.11 Å². The van der Waals surface area contributed by atoms with Gasteiger partial charge in [-0.05, 0) is 36.3 Å². The molecule has 0 atom stereocenters. The SMILES string of the molecule is CC(=C1Nc2ccc(Cl)cc2C1(C)C)c1c(O)c(=O)c1=O. The van der Waals surface area contributed by atoms with Gasteiger partial charge in [0.25, 0.3) is 5.43 Å². The van der Waals surface area contributed by atoms with E-state index in [2.05, 4.69) is 5.32 Å². The van der Waals surface area contributed by atoms with Gasteiger partial charge in [-0.25, -0.2) is 0 Å². The molecule has 2 aromatic rings. The van der Waals surface area contributed by atoms with Crippen molar-refractivity contribution in [3.05, 3.63) is 60.5 Å². The van der Waals surface area contributed by atoms with E-state index in [1.807, 2.05) is 26.0 Å². The molecule has 1 aliphatic rings. The lowest BCUT2D eigenvalue weighted by Gasteiger charge is -2.23. The molecule has 21 heavy (non-hydrogen) atoms. The highest BCUT2D eigenvalue weighted by Crippen LogP contribution is 2.46. The molecule has 0 saturated carbocycles. The largest absolute Gasteiger partial charge is 0.503 e. The van der Waals surface area contributed by atoms with Gasteiger partial charge in [0.15, 0.2) is 5.75 Å². The summed E-state index contributed by atoms with van der Waals surface area (Å²) in [6, 6.07) is 5.55. The Morgan fingerprint density at radius 1 is 1.24 bits per heavy atom. The summed E-state index contributed by atoms with van der Waals surface area (Å²) in [4.78, 5) is 22.9. The number of anilines is 1. The van der Waals surface area contributed by atoms with Crippen molar-refractivity contribution >= 4 is 22.9 Å². The summed E-state index contributed by atoms with van der Waals surface area (Å²) in [7, 11) is 0. The molecule has 0 saturated heterocycles. The van der Waals surface area contributed by atoms with Gasteiger partial charge in [0.05, 0.1) is 5.56 Å². The molecule has 0 fully saturated rings. The highest BCUT2D eigenvalue weighted by Gasteiger charge is 2.38. The highest BCUT2D eigenvalue weighted by molar-refractivity contribution is 6.30. The van der Waals surface area contributed by atoms with E-state index in [0.717, 1.165) is 16.9 Å². The van der Waals surface area contributed by atoms with Crippen LogP contribution in [0.4, 0.5) is 5.69 Å². The Hall–Kier alpha value is -2.07. The third-order valence-corrected chi connectivity index (χ3v) is 4.41. The highest BCUT2D eigenvalue weighted by atomic mass is 35.5. The van der Waals surface area contributed by atoms with Crippen LogP contribution in [0, 0.1) is 0 Å². The Morgan fingerprint density at radius 3 is 2.52 bits per heavy atom. The molecule has 0 radical (unpaired) electrons. The third-order valence-electron chi connectivity index (χ3n) is 4.17. The van der Waals surface area contributed by atoms with Crippen molar-refractivity contribution in [2.75, 3.05) is 5.32 Å². The quantitative estimate of drug-likeness (QED) is 0.795. The first kappa shape index (κ1) is 13.9. The van der Waals surface area contributed by atoms with E-state index in [-0.39, 0.29) is 5.56 Å². The molecule has 3 rings (SSSR count). The van der Waals surface area contributed by atoms with E-state index in [9.17, 15) is 14.7 Å². The second kappa shape index (κ2) is 4.21. The van der Waals surface area contributed by atoms with Gasteiger partial charge >= 0.3 is 0 Å². The molecule has 0 spiro atoms. The minimum Gasteiger partial charge on any atom is -0.503 e. The van der Waals surface area contributed by atoms with Crippen molar-refractivity contribution in [3.63, 3.8) is 0 Å². The monoisotopic (exact) mass is 303 g/mol. The predicted molar refractivity (Wildman–Crippen MR) is 83.7 cm³/mol. The van der Waals surface area contributed by atoms with Crippen LogP contribution in [0.15, 0.2) is 33.5 Å². The fourth-order valence-corrected chi connectivity index (χ4v) is 3.16. The second-order valence-corrected chi connectivity index (χ2v) is 6.26. The molecule has 5 heteroatoms. The number of hydrogen-bond donors (Lipinski definition) is 2. The summed E-state index contributed by atoms with van der Waals surface area (Å²) in [6.45, 7) is 5.74. The topological polar surface area (TPSA) is 66.4 Å². The average Bonchev–Trinajstić information content (AvgIpc) is 2.70. The average molecular weight is 304 g/mol. The van der Waals surface area contributed by atoms with Gasteiger partial charge < -0.3 is 10.4 Å². The van der Waals surface area contributed by atoms with Gasteiger partial charge in [-0.15, -0.1) is 0 Å². The van der Waals surface area contributed by atoms with Gasteiger partial charge in [-0.2, -0.15) is 0 Å². The van der Waals surface area contributed by atoms with Crippen LogP contribution in [-0.4, -0.2) is 5.11 Å². The maximum atomic E-state index is 11.7. The zero-order valence-electron chi connectivity index (χ0n) is 11.9. The summed E-state index contributed by atoms with van der Waals surface area (Å²) in [6.07, 6.45) is 0. The molecule has 0 amide bonds. The maximum Gasteiger partial charge on any atom is 0.268 e. The van der Waals surface area contributed by atoms with Gasteiger partial charge in [-0.1, -0.05) is 25.4 Å². The Labute approximate surface area is 126 Å². The first-order valence-electron chi connectivity index (χ1n) is 6.56. The van der Waals surface area contributed by atoms with E-state index < -0.39 is 22.0 Å². The molecule has 0 unspecified atom stereocenters. The smallest absolute Gasteiger partial charge is 0.268 e. The summed E-state index contributed by atoms with van der Waals surface area (Å²) in [5, 5.41) is 13.5. The van der Waals surface area contributed by atoms with Crippen LogP contribution < -0.4 is 16.2 Å². The van der Waals surface area contributed by atoms with E-state index in [0.29, 0.717) is 10.6 Å². The van der Waals surface area contributed by atoms with Crippen LogP contribution in [0.5, 0.6) is 5.75 Å². The van der Waals surface area contributed by atoms with Crippen molar-refractivity contribution in [2.45, 2.75) is 26.2 Å². The first-order chi connectivity index (χ1) is 9.75. The van der Waals surface area contributed by atoms with Gasteiger partial charge in [0.1, 0.15) is 0 Å². The molecule has 1 aliphatic heterocycles. The first-order valence-corrected chi connectivity index (χ1v) is 6.94. The zero-order valence-corrected chi connectivity index (χ0v) is 12.6. The number of rotatable bonds is 1. The van der Waals surface area contributed by atoms with E-state index in [1.165, 1.54) is 0 Å². The summed E-state index contributed by atoms with van der Waals surface area (Å²) in [5.74, 6) is -0.448. The molecule has 4 nitrogen and oxygen atoms in total. The van der Waals surface area contributed by atoms with E-state index >= 15 is 0 Å². The van der Waals surface area contributed by atoms with E-state index in [4.69, 9.17) is 11.6 Å². The minimum absolute atomic E-state index is 0.106. The number of aromatic hydroxyl groups is 1. The van der Waals surface area contributed by atoms with Crippen molar-refractivity contribution in [1.29, 1.82) is 0 Å². The summed E-state index contributed by atoms with van der Waals surface area (Å²) >= 11 is 6.05. The maximum absolute atomic E-state index is 11.7. The van der Waals surface area contributed by atoms with Crippen LogP contribution in [0.2, 0.25) is 5.02 Å². The minimum atomic E-state index is -0.818. The molecule has 2 N–H and O–H groups in total. The second-order valence-electron chi connectivity index (χ2n) is 5.82. The predicted octanol–water partition coefficient (Wildman–Crippen LogP) is 2.78. The fourth-order valence-electron chi connectivity index (χ4n) is 2.98. The summed E-state index contributed by atoms with van der Waals surface area (Å²) in [5.41, 5.74) is 1.58. The summed E-state index contributed by atoms with van der Waals surface area (Å²) < 4.78 is 0. The molecular formula is C16H14ClNO3. The molecule has 2 aromatic carbocycles. The lowest BCUT2D eigenvalue weighted by atomic mass is 9.81. The standard InChI is InChI=1S/C16H14ClNO3/c1-7(11-12(19)14(21)13(11)20)15-16(2,3)9-6-8(17)4-5-10(9)18-15/h4-6,18-19H,1-3H3. The van der Waals surface area contributed by atoms with Gasteiger partial charge in [-0.3, -0.25) is 9.59 Å². The number of allylic oxidation sites excluding steroid dienone is 2. The fraction of sp³-hybridized carbons (Fsp3) is 0.250. The molecular weight excluding hydrogens is 290 g/mol. The van der Waals surface area contributed by atoms with Crippen molar-refractivity contribution in [3.8, 4) is 5.75 Å². The van der Waals surface area contributed by atoms with Crippen molar-refractivity contribution in [2.24, 2.45) is 0 Å². The number of nitrogens with one attached hydrogen (secondary N) is 1. The van der Waals surface area contributed by atoms with Crippen LogP contribution in [0.25, 0.3) is 5.57 Å². The Kier molecular flexibility index (Phi) is 2.79. The Balaban J connectivity index is 2.20. The van der Waals surface area contributed by atoms with Crippen LogP contribution in [0.3, 0.4) is 0 Å². The Morgan fingerprint density at radius 2 is 1.90 bits per heavy atom. The Bertz CT molecular complexity index is 870. The van der Waals surface area contributed by atoms with Crippen LogP contribution >= 0.6 is 11.6 Å². The third kappa shape index (κ3) is 1.75. The lowest BCUT2D eigenvalue weighted by molar-refractivity contribution is 0.460. The zero-order chi connectivity index (χ0) is 15.5. The van der Waals surface area contributed by atoms with Crippen LogP contribution in [-0.2, 0) is 5.41 Å². The van der Waals surface area contributed by atoms with Crippen molar-refractivity contribution in [1.82, 2.24) is 0 Å². The number of hydrogen-bond acceptors (Lipinski definition) is 4. The molecule has 0 aliphatic carbocycles. The molecule has 0 aromatic heterocycles. The number of halogens is 1. The molecule has 0 bridgehead atoms. The number of fused-ring (bicyclic) bond motifs is 1. The van der Waals surface area contributed by atoms with Gasteiger partial charge in [0.2, 0.25) is 5.43 Å². The molecule has 108 valence electrons. The lowest BCUT2D eigenvalue weighted by Crippen LogP contribution is -2.34. The normalized spacial score (nSPS) is 18.5.